The average Bonchev–Trinajstić information content (AvgIpc) is 2.41. The number of nitrogens with zero attached hydrogens (tertiary/aromatic N) is 1. The molecule has 0 fully saturated rings. The molecule has 0 amide bonds. The predicted molar refractivity (Wildman–Crippen MR) is 63.4 cm³/mol. The molecular formula is C14H11F2NO. The number of carbonyl (C=O) groups is 1. The summed E-state index contributed by atoms with van der Waals surface area (Å²) in [5, 5.41) is 0. The predicted octanol–water partition coefficient (Wildman–Crippen LogP) is 3.15. The summed E-state index contributed by atoms with van der Waals surface area (Å²) in [6, 6.07) is 6.62. The van der Waals surface area contributed by atoms with Crippen LogP contribution in [0.15, 0.2) is 36.5 Å². The van der Waals surface area contributed by atoms with Crippen LogP contribution in [0.4, 0.5) is 8.78 Å². The van der Waals surface area contributed by atoms with Crippen molar-refractivity contribution in [3.63, 3.8) is 0 Å². The summed E-state index contributed by atoms with van der Waals surface area (Å²) in [6.07, 6.45) is 2.16. The first-order valence-corrected chi connectivity index (χ1v) is 5.57. The lowest BCUT2D eigenvalue weighted by atomic mass is 10.0. The molecule has 0 spiro atoms. The molecule has 0 saturated heterocycles. The van der Waals surface area contributed by atoms with E-state index in [1.807, 2.05) is 6.92 Å². The summed E-state index contributed by atoms with van der Waals surface area (Å²) < 4.78 is 25.9. The smallest absolute Gasteiger partial charge is 0.211 e. The van der Waals surface area contributed by atoms with Crippen molar-refractivity contribution in [2.75, 3.05) is 0 Å². The van der Waals surface area contributed by atoms with Gasteiger partial charge < -0.3 is 0 Å². The zero-order valence-corrected chi connectivity index (χ0v) is 9.78. The van der Waals surface area contributed by atoms with Gasteiger partial charge in [0.05, 0.1) is 0 Å². The Bertz CT molecular complexity index is 596. The second-order valence-electron chi connectivity index (χ2n) is 3.82. The summed E-state index contributed by atoms with van der Waals surface area (Å²) in [7, 11) is 0. The number of aryl methyl sites for hydroxylation is 1. The fourth-order valence-electron chi connectivity index (χ4n) is 1.70. The van der Waals surface area contributed by atoms with Crippen LogP contribution in [-0.2, 0) is 6.42 Å². The molecular weight excluding hydrogens is 236 g/mol. The molecule has 0 N–H and O–H groups in total. The van der Waals surface area contributed by atoms with Gasteiger partial charge in [0, 0.05) is 11.8 Å². The molecule has 0 saturated carbocycles. The monoisotopic (exact) mass is 247 g/mol. The van der Waals surface area contributed by atoms with Crippen LogP contribution in [0.1, 0.15) is 28.5 Å². The van der Waals surface area contributed by atoms with E-state index < -0.39 is 17.4 Å². The quantitative estimate of drug-likeness (QED) is 0.780. The second kappa shape index (κ2) is 5.04. The summed E-state index contributed by atoms with van der Waals surface area (Å²) in [4.78, 5) is 16.2. The molecule has 1 aromatic carbocycles. The van der Waals surface area contributed by atoms with E-state index in [-0.39, 0.29) is 11.3 Å². The van der Waals surface area contributed by atoms with E-state index >= 15 is 0 Å². The molecule has 0 bridgehead atoms. The fourth-order valence-corrected chi connectivity index (χ4v) is 1.70. The van der Waals surface area contributed by atoms with Crippen LogP contribution in [-0.4, -0.2) is 10.8 Å². The van der Waals surface area contributed by atoms with Crippen LogP contribution in [0, 0.1) is 11.6 Å². The third-order valence-electron chi connectivity index (χ3n) is 2.67. The number of hydrogen-bond acceptors (Lipinski definition) is 2. The minimum Gasteiger partial charge on any atom is -0.287 e. The lowest BCUT2D eigenvalue weighted by Crippen LogP contribution is -2.08. The highest BCUT2D eigenvalue weighted by molar-refractivity contribution is 6.08. The highest BCUT2D eigenvalue weighted by atomic mass is 19.2. The zero-order valence-electron chi connectivity index (χ0n) is 9.78. The van der Waals surface area contributed by atoms with Gasteiger partial charge in [-0.3, -0.25) is 9.78 Å². The van der Waals surface area contributed by atoms with E-state index in [0.717, 1.165) is 17.7 Å². The van der Waals surface area contributed by atoms with E-state index in [4.69, 9.17) is 0 Å². The van der Waals surface area contributed by atoms with Crippen molar-refractivity contribution in [2.24, 2.45) is 0 Å². The Kier molecular flexibility index (Phi) is 3.46. The van der Waals surface area contributed by atoms with Crippen molar-refractivity contribution in [3.8, 4) is 0 Å². The largest absolute Gasteiger partial charge is 0.287 e. The molecule has 18 heavy (non-hydrogen) atoms. The lowest BCUT2D eigenvalue weighted by Gasteiger charge is -2.05. The summed E-state index contributed by atoms with van der Waals surface area (Å²) >= 11 is 0. The molecule has 2 nitrogen and oxygen atoms in total. The van der Waals surface area contributed by atoms with E-state index in [0.29, 0.717) is 6.42 Å². The second-order valence-corrected chi connectivity index (χ2v) is 3.82. The Balaban J connectivity index is 2.44. The Morgan fingerprint density at radius 3 is 2.67 bits per heavy atom. The molecule has 1 aromatic heterocycles. The van der Waals surface area contributed by atoms with E-state index in [1.165, 1.54) is 12.3 Å². The maximum atomic E-state index is 13.1. The van der Waals surface area contributed by atoms with Crippen molar-refractivity contribution in [1.82, 2.24) is 4.98 Å². The van der Waals surface area contributed by atoms with Crippen molar-refractivity contribution in [1.29, 1.82) is 0 Å². The van der Waals surface area contributed by atoms with Gasteiger partial charge in [-0.05, 0) is 36.2 Å². The molecule has 0 aliphatic heterocycles. The first kappa shape index (κ1) is 12.4. The van der Waals surface area contributed by atoms with E-state index in [1.54, 1.807) is 12.1 Å². The molecule has 4 heteroatoms. The minimum atomic E-state index is -1.03. The van der Waals surface area contributed by atoms with Gasteiger partial charge in [0.15, 0.2) is 11.6 Å². The Hall–Kier alpha value is -2.10. The molecule has 1 heterocycles. The Morgan fingerprint density at radius 2 is 2.00 bits per heavy atom. The topological polar surface area (TPSA) is 30.0 Å². The van der Waals surface area contributed by atoms with Gasteiger partial charge in [0.1, 0.15) is 5.69 Å². The molecule has 2 aromatic rings. The Morgan fingerprint density at radius 1 is 1.22 bits per heavy atom. The van der Waals surface area contributed by atoms with Gasteiger partial charge in [-0.2, -0.15) is 0 Å². The molecule has 0 radical (unpaired) electrons. The number of benzene rings is 1. The number of hydrogen-bond donors (Lipinski definition) is 0. The maximum Gasteiger partial charge on any atom is 0.211 e. The summed E-state index contributed by atoms with van der Waals surface area (Å²) in [5.74, 6) is -2.40. The van der Waals surface area contributed by atoms with Gasteiger partial charge in [0.2, 0.25) is 5.78 Å². The first-order valence-electron chi connectivity index (χ1n) is 5.57. The maximum absolute atomic E-state index is 13.1. The van der Waals surface area contributed by atoms with Crippen molar-refractivity contribution in [3.05, 3.63) is 65.0 Å². The number of pyridine rings is 1. The van der Waals surface area contributed by atoms with Crippen molar-refractivity contribution in [2.45, 2.75) is 13.3 Å². The molecule has 92 valence electrons. The number of aromatic nitrogens is 1. The third-order valence-corrected chi connectivity index (χ3v) is 2.67. The Labute approximate surface area is 103 Å². The van der Waals surface area contributed by atoms with Crippen LogP contribution in [0.25, 0.3) is 0 Å². The zero-order chi connectivity index (χ0) is 13.1. The van der Waals surface area contributed by atoms with Crippen LogP contribution in [0.2, 0.25) is 0 Å². The standard InChI is InChI=1S/C14H11F2NO/c1-2-9-4-3-7-17-13(9)14(18)10-5-6-11(15)12(16)8-10/h3-8H,2H2,1H3. The van der Waals surface area contributed by atoms with Gasteiger partial charge in [0.25, 0.3) is 0 Å². The number of halogens is 2. The van der Waals surface area contributed by atoms with E-state index in [2.05, 4.69) is 4.98 Å². The summed E-state index contributed by atoms with van der Waals surface area (Å²) in [6.45, 7) is 1.90. The van der Waals surface area contributed by atoms with Gasteiger partial charge in [-0.15, -0.1) is 0 Å². The average molecular weight is 247 g/mol. The number of rotatable bonds is 3. The number of ketones is 1. The molecule has 0 unspecified atom stereocenters. The molecule has 0 aliphatic rings. The molecule has 0 aliphatic carbocycles. The van der Waals surface area contributed by atoms with Crippen LogP contribution in [0.3, 0.4) is 0 Å². The normalized spacial score (nSPS) is 10.4. The van der Waals surface area contributed by atoms with Crippen LogP contribution < -0.4 is 0 Å². The fraction of sp³-hybridized carbons (Fsp3) is 0.143. The first-order chi connectivity index (χ1) is 8.63. The van der Waals surface area contributed by atoms with Gasteiger partial charge >= 0.3 is 0 Å². The minimum absolute atomic E-state index is 0.0994. The SMILES string of the molecule is CCc1cccnc1C(=O)c1ccc(F)c(F)c1. The van der Waals surface area contributed by atoms with Crippen molar-refractivity contribution < 1.29 is 13.6 Å². The van der Waals surface area contributed by atoms with Crippen molar-refractivity contribution >= 4 is 5.78 Å². The lowest BCUT2D eigenvalue weighted by molar-refractivity contribution is 0.103. The number of carbonyl (C=O) groups excluding carboxylic acids is 1. The third kappa shape index (κ3) is 2.27. The van der Waals surface area contributed by atoms with Gasteiger partial charge in [-0.25, -0.2) is 8.78 Å². The summed E-state index contributed by atoms with van der Waals surface area (Å²) in [5.41, 5.74) is 1.17. The highest BCUT2D eigenvalue weighted by Gasteiger charge is 2.15. The highest BCUT2D eigenvalue weighted by Crippen LogP contribution is 2.15. The van der Waals surface area contributed by atoms with Crippen LogP contribution in [0.5, 0.6) is 0 Å². The van der Waals surface area contributed by atoms with Gasteiger partial charge in [-0.1, -0.05) is 13.0 Å². The van der Waals surface area contributed by atoms with Crippen LogP contribution >= 0.6 is 0 Å². The van der Waals surface area contributed by atoms with E-state index in [9.17, 15) is 13.6 Å². The molecule has 0 atom stereocenters. The molecule has 2 rings (SSSR count).